The summed E-state index contributed by atoms with van der Waals surface area (Å²) in [6.07, 6.45) is 0.979. The lowest BCUT2D eigenvalue weighted by Gasteiger charge is -2.13. The zero-order valence-electron chi connectivity index (χ0n) is 12.5. The Balaban J connectivity index is 2.44. The Morgan fingerprint density at radius 3 is 2.26 bits per heavy atom. The third kappa shape index (κ3) is 2.71. The van der Waals surface area contributed by atoms with Crippen molar-refractivity contribution in [1.82, 2.24) is 15.5 Å². The number of hydrogen-bond acceptors (Lipinski definition) is 2. The second-order valence-corrected chi connectivity index (χ2v) is 5.27. The van der Waals surface area contributed by atoms with Crippen LogP contribution < -0.4 is 5.32 Å². The number of hydrogen-bond donors (Lipinski definition) is 2. The van der Waals surface area contributed by atoms with Gasteiger partial charge in [0, 0.05) is 24.2 Å². The fourth-order valence-corrected chi connectivity index (χ4v) is 2.48. The van der Waals surface area contributed by atoms with Crippen molar-refractivity contribution in [3.63, 3.8) is 0 Å². The van der Waals surface area contributed by atoms with Gasteiger partial charge < -0.3 is 5.32 Å². The van der Waals surface area contributed by atoms with E-state index in [-0.39, 0.29) is 0 Å². The monoisotopic (exact) mass is 257 g/mol. The summed E-state index contributed by atoms with van der Waals surface area (Å²) in [6, 6.07) is 4.42. The number of aryl methyl sites for hydroxylation is 2. The SMILES string of the molecule is CNCCc1cc(-c2c(C)c(C)cc(C)c2C)n[nH]1. The molecule has 0 amide bonds. The highest BCUT2D eigenvalue weighted by molar-refractivity contribution is 5.70. The largest absolute Gasteiger partial charge is 0.319 e. The van der Waals surface area contributed by atoms with Crippen LogP contribution in [0.25, 0.3) is 11.3 Å². The van der Waals surface area contributed by atoms with Crippen LogP contribution in [0.3, 0.4) is 0 Å². The normalized spacial score (nSPS) is 11.0. The molecule has 0 saturated carbocycles. The fraction of sp³-hybridized carbons (Fsp3) is 0.438. The van der Waals surface area contributed by atoms with E-state index >= 15 is 0 Å². The third-order valence-electron chi connectivity index (χ3n) is 3.90. The second kappa shape index (κ2) is 5.57. The Morgan fingerprint density at radius 2 is 1.68 bits per heavy atom. The molecule has 0 unspecified atom stereocenters. The number of rotatable bonds is 4. The minimum absolute atomic E-state index is 0.965. The summed E-state index contributed by atoms with van der Waals surface area (Å²) in [4.78, 5) is 0. The van der Waals surface area contributed by atoms with Gasteiger partial charge in [0.05, 0.1) is 5.69 Å². The number of aromatic nitrogens is 2. The van der Waals surface area contributed by atoms with Crippen molar-refractivity contribution in [2.75, 3.05) is 13.6 Å². The first kappa shape index (κ1) is 13.8. The standard InChI is InChI=1S/C16H23N3/c1-10-8-11(2)13(4)16(12(10)3)15-9-14(18-19-15)6-7-17-5/h8-9,17H,6-7H2,1-5H3,(H,18,19). The molecule has 1 aromatic heterocycles. The summed E-state index contributed by atoms with van der Waals surface area (Å²) in [5.74, 6) is 0. The van der Waals surface area contributed by atoms with Crippen molar-refractivity contribution < 1.29 is 0 Å². The van der Waals surface area contributed by atoms with E-state index in [1.807, 2.05) is 7.05 Å². The Bertz CT molecular complexity index is 556. The quantitative estimate of drug-likeness (QED) is 0.883. The summed E-state index contributed by atoms with van der Waals surface area (Å²) < 4.78 is 0. The van der Waals surface area contributed by atoms with Crippen LogP contribution in [0.1, 0.15) is 27.9 Å². The lowest BCUT2D eigenvalue weighted by molar-refractivity contribution is 0.772. The predicted octanol–water partition coefficient (Wildman–Crippen LogP) is 3.07. The molecule has 0 aliphatic rings. The molecular weight excluding hydrogens is 234 g/mol. The van der Waals surface area contributed by atoms with Crippen molar-refractivity contribution in [3.05, 3.63) is 40.1 Å². The molecule has 0 spiro atoms. The molecule has 3 heteroatoms. The smallest absolute Gasteiger partial charge is 0.0929 e. The van der Waals surface area contributed by atoms with Crippen molar-refractivity contribution in [2.45, 2.75) is 34.1 Å². The Kier molecular flexibility index (Phi) is 4.05. The molecule has 0 radical (unpaired) electrons. The van der Waals surface area contributed by atoms with Crippen molar-refractivity contribution in [2.24, 2.45) is 0 Å². The molecule has 2 N–H and O–H groups in total. The van der Waals surface area contributed by atoms with Gasteiger partial charge in [0.1, 0.15) is 0 Å². The number of aromatic amines is 1. The summed E-state index contributed by atoms with van der Waals surface area (Å²) in [5, 5.41) is 10.8. The highest BCUT2D eigenvalue weighted by Gasteiger charge is 2.13. The molecule has 0 fully saturated rings. The van der Waals surface area contributed by atoms with Gasteiger partial charge in [-0.1, -0.05) is 6.07 Å². The van der Waals surface area contributed by atoms with Crippen molar-refractivity contribution in [3.8, 4) is 11.3 Å². The zero-order valence-corrected chi connectivity index (χ0v) is 12.5. The van der Waals surface area contributed by atoms with Gasteiger partial charge in [-0.2, -0.15) is 5.10 Å². The number of H-pyrrole nitrogens is 1. The number of likely N-dealkylation sites (N-methyl/N-ethyl adjacent to an activating group) is 1. The van der Waals surface area contributed by atoms with Crippen molar-refractivity contribution >= 4 is 0 Å². The maximum Gasteiger partial charge on any atom is 0.0929 e. The van der Waals surface area contributed by atoms with Crippen LogP contribution in [0.5, 0.6) is 0 Å². The van der Waals surface area contributed by atoms with Gasteiger partial charge in [-0.15, -0.1) is 0 Å². The summed E-state index contributed by atoms with van der Waals surface area (Å²) in [7, 11) is 1.97. The Labute approximate surface area is 115 Å². The lowest BCUT2D eigenvalue weighted by Crippen LogP contribution is -2.10. The van der Waals surface area contributed by atoms with E-state index in [4.69, 9.17) is 0 Å². The molecule has 0 aliphatic heterocycles. The van der Waals surface area contributed by atoms with Gasteiger partial charge in [0.2, 0.25) is 0 Å². The molecule has 2 rings (SSSR count). The van der Waals surface area contributed by atoms with Crippen molar-refractivity contribution in [1.29, 1.82) is 0 Å². The van der Waals surface area contributed by atoms with E-state index in [0.717, 1.165) is 18.7 Å². The molecule has 3 nitrogen and oxygen atoms in total. The van der Waals surface area contributed by atoms with Crippen LogP contribution in [-0.4, -0.2) is 23.8 Å². The number of nitrogens with one attached hydrogen (secondary N) is 2. The fourth-order valence-electron chi connectivity index (χ4n) is 2.48. The molecular formula is C16H23N3. The Hall–Kier alpha value is -1.61. The van der Waals surface area contributed by atoms with E-state index in [1.165, 1.54) is 33.5 Å². The molecule has 0 saturated heterocycles. The molecule has 2 aromatic rings. The van der Waals surface area contributed by atoms with Crippen LogP contribution in [0.15, 0.2) is 12.1 Å². The first-order chi connectivity index (χ1) is 9.04. The highest BCUT2D eigenvalue weighted by atomic mass is 15.1. The first-order valence-corrected chi connectivity index (χ1v) is 6.81. The van der Waals surface area contributed by atoms with Gasteiger partial charge in [-0.3, -0.25) is 5.10 Å². The average molecular weight is 257 g/mol. The van der Waals surface area contributed by atoms with Gasteiger partial charge >= 0.3 is 0 Å². The average Bonchev–Trinajstić information content (AvgIpc) is 2.83. The molecule has 0 atom stereocenters. The zero-order chi connectivity index (χ0) is 14.0. The number of benzene rings is 1. The maximum atomic E-state index is 4.49. The molecule has 102 valence electrons. The molecule has 0 aliphatic carbocycles. The molecule has 1 aromatic carbocycles. The van der Waals surface area contributed by atoms with Gasteiger partial charge in [0.15, 0.2) is 0 Å². The predicted molar refractivity (Wildman–Crippen MR) is 80.6 cm³/mol. The number of nitrogens with zero attached hydrogens (tertiary/aromatic N) is 1. The van der Waals surface area contributed by atoms with E-state index in [9.17, 15) is 0 Å². The van der Waals surface area contributed by atoms with E-state index in [0.29, 0.717) is 0 Å². The van der Waals surface area contributed by atoms with E-state index in [2.05, 4.69) is 55.3 Å². The minimum Gasteiger partial charge on any atom is -0.319 e. The van der Waals surface area contributed by atoms with Crippen LogP contribution in [0.4, 0.5) is 0 Å². The van der Waals surface area contributed by atoms with E-state index in [1.54, 1.807) is 0 Å². The summed E-state index contributed by atoms with van der Waals surface area (Å²) >= 11 is 0. The summed E-state index contributed by atoms with van der Waals surface area (Å²) in [5.41, 5.74) is 8.85. The highest BCUT2D eigenvalue weighted by Crippen LogP contribution is 2.30. The first-order valence-electron chi connectivity index (χ1n) is 6.81. The molecule has 0 bridgehead atoms. The van der Waals surface area contributed by atoms with Gasteiger partial charge in [0.25, 0.3) is 0 Å². The lowest BCUT2D eigenvalue weighted by atomic mass is 9.92. The third-order valence-corrected chi connectivity index (χ3v) is 3.90. The molecule has 1 heterocycles. The minimum atomic E-state index is 0.965. The Morgan fingerprint density at radius 1 is 1.05 bits per heavy atom. The second-order valence-electron chi connectivity index (χ2n) is 5.27. The molecule has 19 heavy (non-hydrogen) atoms. The van der Waals surface area contributed by atoms with Gasteiger partial charge in [-0.05, 0) is 63.1 Å². The van der Waals surface area contributed by atoms with Gasteiger partial charge in [-0.25, -0.2) is 0 Å². The topological polar surface area (TPSA) is 40.7 Å². The van der Waals surface area contributed by atoms with Crippen LogP contribution in [-0.2, 0) is 6.42 Å². The van der Waals surface area contributed by atoms with E-state index < -0.39 is 0 Å². The summed E-state index contributed by atoms with van der Waals surface area (Å²) in [6.45, 7) is 9.66. The maximum absolute atomic E-state index is 4.49. The van der Waals surface area contributed by atoms with Crippen LogP contribution in [0, 0.1) is 27.7 Å². The van der Waals surface area contributed by atoms with Crippen LogP contribution >= 0.6 is 0 Å². The van der Waals surface area contributed by atoms with Crippen LogP contribution in [0.2, 0.25) is 0 Å².